The number of nitrogens with zero attached hydrogens (tertiary/aromatic N) is 1. The van der Waals surface area contributed by atoms with E-state index in [0.29, 0.717) is 15.9 Å². The molecule has 2 rings (SSSR count). The van der Waals surface area contributed by atoms with Gasteiger partial charge in [0.15, 0.2) is 5.58 Å². The molecule has 0 fully saturated rings. The lowest BCUT2D eigenvalue weighted by molar-refractivity contribution is -0.139. The molecule has 1 heterocycles. The molecule has 0 aliphatic rings. The Balaban J connectivity index is 2.46. The Labute approximate surface area is 94.4 Å². The topological polar surface area (TPSA) is 52.3 Å². The second-order valence-corrected chi connectivity index (χ2v) is 3.66. The van der Waals surface area contributed by atoms with E-state index >= 15 is 0 Å². The summed E-state index contributed by atoms with van der Waals surface area (Å²) in [6.45, 7) is 0. The van der Waals surface area contributed by atoms with Crippen molar-refractivity contribution in [2.75, 3.05) is 7.11 Å². The number of rotatable bonds is 2. The minimum Gasteiger partial charge on any atom is -0.469 e. The smallest absolute Gasteiger partial charge is 0.310 e. The number of carbonyl (C=O) groups excluding carboxylic acids is 1. The number of halogens is 1. The molecule has 0 radical (unpaired) electrons. The average molecular weight is 270 g/mol. The highest BCUT2D eigenvalue weighted by Gasteiger charge is 2.11. The Bertz CT molecular complexity index is 506. The molecule has 78 valence electrons. The normalized spacial score (nSPS) is 10.5. The zero-order valence-corrected chi connectivity index (χ0v) is 9.58. The molecule has 1 aromatic heterocycles. The third-order valence-electron chi connectivity index (χ3n) is 2.04. The molecule has 2 aromatic rings. The van der Waals surface area contributed by atoms with Crippen LogP contribution in [0, 0.1) is 0 Å². The molecule has 0 N–H and O–H groups in total. The van der Waals surface area contributed by atoms with Gasteiger partial charge in [0.2, 0.25) is 0 Å². The Hall–Kier alpha value is -1.36. The largest absolute Gasteiger partial charge is 0.469 e. The minimum absolute atomic E-state index is 0.201. The van der Waals surface area contributed by atoms with E-state index in [2.05, 4.69) is 25.7 Å². The van der Waals surface area contributed by atoms with Crippen molar-refractivity contribution < 1.29 is 13.9 Å². The first-order chi connectivity index (χ1) is 7.20. The number of benzene rings is 1. The van der Waals surface area contributed by atoms with Crippen molar-refractivity contribution in [3.05, 3.63) is 28.6 Å². The average Bonchev–Trinajstić information content (AvgIpc) is 2.59. The third-order valence-corrected chi connectivity index (χ3v) is 2.38. The molecule has 0 amide bonds. The van der Waals surface area contributed by atoms with Gasteiger partial charge in [-0.2, -0.15) is 0 Å². The van der Waals surface area contributed by atoms with E-state index in [1.54, 1.807) is 6.07 Å². The van der Waals surface area contributed by atoms with Gasteiger partial charge in [0.1, 0.15) is 5.52 Å². The highest BCUT2D eigenvalue weighted by molar-refractivity contribution is 9.10. The van der Waals surface area contributed by atoms with E-state index in [-0.39, 0.29) is 12.4 Å². The monoisotopic (exact) mass is 269 g/mol. The predicted molar refractivity (Wildman–Crippen MR) is 57.4 cm³/mol. The van der Waals surface area contributed by atoms with Crippen molar-refractivity contribution in [2.24, 2.45) is 0 Å². The third kappa shape index (κ3) is 2.02. The summed E-state index contributed by atoms with van der Waals surface area (Å²) in [5, 5.41) is 0. The van der Waals surface area contributed by atoms with Crippen LogP contribution in [0.1, 0.15) is 5.56 Å². The number of hydrogen-bond donors (Lipinski definition) is 0. The van der Waals surface area contributed by atoms with Gasteiger partial charge in [-0.15, -0.1) is 0 Å². The highest BCUT2D eigenvalue weighted by Crippen LogP contribution is 2.22. The first-order valence-electron chi connectivity index (χ1n) is 4.31. The maximum atomic E-state index is 11.1. The summed E-state index contributed by atoms with van der Waals surface area (Å²) in [4.78, 5) is 15.7. The Kier molecular flexibility index (Phi) is 2.73. The molecule has 5 heteroatoms. The van der Waals surface area contributed by atoms with Crippen LogP contribution >= 0.6 is 15.9 Å². The van der Waals surface area contributed by atoms with Crippen LogP contribution in [-0.2, 0) is 16.0 Å². The highest BCUT2D eigenvalue weighted by atomic mass is 79.9. The van der Waals surface area contributed by atoms with E-state index < -0.39 is 0 Å². The van der Waals surface area contributed by atoms with Crippen LogP contribution in [0.4, 0.5) is 0 Å². The number of oxazole rings is 1. The van der Waals surface area contributed by atoms with Crippen LogP contribution in [0.3, 0.4) is 0 Å². The summed E-state index contributed by atoms with van der Waals surface area (Å²) < 4.78 is 9.88. The first kappa shape index (κ1) is 10.2. The van der Waals surface area contributed by atoms with Crippen molar-refractivity contribution in [3.63, 3.8) is 0 Å². The molecule has 0 saturated carbocycles. The van der Waals surface area contributed by atoms with E-state index in [1.807, 2.05) is 12.1 Å². The molecule has 0 aliphatic carbocycles. The molecule has 15 heavy (non-hydrogen) atoms. The summed E-state index contributed by atoms with van der Waals surface area (Å²) in [6.07, 6.45) is 0.201. The van der Waals surface area contributed by atoms with Crippen LogP contribution in [0.5, 0.6) is 0 Å². The fourth-order valence-corrected chi connectivity index (χ4v) is 1.70. The van der Waals surface area contributed by atoms with Gasteiger partial charge in [0, 0.05) is 15.9 Å². The van der Waals surface area contributed by atoms with Crippen LogP contribution in [0.25, 0.3) is 11.1 Å². The molecule has 4 nitrogen and oxygen atoms in total. The fraction of sp³-hybridized carbons (Fsp3) is 0.200. The maximum absolute atomic E-state index is 11.1. The molecular weight excluding hydrogens is 262 g/mol. The van der Waals surface area contributed by atoms with Crippen LogP contribution in [-0.4, -0.2) is 18.1 Å². The summed E-state index contributed by atoms with van der Waals surface area (Å²) >= 11 is 3.15. The van der Waals surface area contributed by atoms with E-state index in [1.165, 1.54) is 7.11 Å². The van der Waals surface area contributed by atoms with Crippen LogP contribution in [0.15, 0.2) is 27.4 Å². The number of fused-ring (bicyclic) bond motifs is 1. The van der Waals surface area contributed by atoms with Crippen molar-refractivity contribution in [1.29, 1.82) is 0 Å². The molecule has 0 spiro atoms. The van der Waals surface area contributed by atoms with Crippen molar-refractivity contribution in [2.45, 2.75) is 6.42 Å². The second-order valence-electron chi connectivity index (χ2n) is 2.98. The Morgan fingerprint density at radius 2 is 2.40 bits per heavy atom. The molecule has 0 aliphatic heterocycles. The van der Waals surface area contributed by atoms with Crippen molar-refractivity contribution in [1.82, 2.24) is 4.98 Å². The summed E-state index contributed by atoms with van der Waals surface area (Å²) in [7, 11) is 1.36. The van der Waals surface area contributed by atoms with E-state index in [0.717, 1.165) is 5.56 Å². The molecule has 0 bridgehead atoms. The van der Waals surface area contributed by atoms with Crippen LogP contribution in [0.2, 0.25) is 0 Å². The molecule has 1 aromatic carbocycles. The SMILES string of the molecule is COC(=O)Cc1cccc2oc(Br)nc12. The number of esters is 1. The first-order valence-corrected chi connectivity index (χ1v) is 5.11. The number of carbonyl (C=O) groups is 1. The lowest BCUT2D eigenvalue weighted by atomic mass is 10.1. The summed E-state index contributed by atoms with van der Waals surface area (Å²) in [5.74, 6) is -0.290. The van der Waals surface area contributed by atoms with Crippen LogP contribution < -0.4 is 0 Å². The molecule has 0 unspecified atom stereocenters. The summed E-state index contributed by atoms with van der Waals surface area (Å²) in [6, 6.07) is 5.44. The number of methoxy groups -OCH3 is 1. The Morgan fingerprint density at radius 3 is 3.13 bits per heavy atom. The quantitative estimate of drug-likeness (QED) is 0.786. The zero-order valence-electron chi connectivity index (χ0n) is 7.99. The van der Waals surface area contributed by atoms with Gasteiger partial charge >= 0.3 is 5.97 Å². The van der Waals surface area contributed by atoms with Gasteiger partial charge in [-0.1, -0.05) is 12.1 Å². The number of aromatic nitrogens is 1. The number of ether oxygens (including phenoxy) is 1. The van der Waals surface area contributed by atoms with Gasteiger partial charge in [-0.3, -0.25) is 4.79 Å². The van der Waals surface area contributed by atoms with Gasteiger partial charge in [-0.05, 0) is 11.6 Å². The standard InChI is InChI=1S/C10H8BrNO3/c1-14-8(13)5-6-3-2-4-7-9(6)12-10(11)15-7/h2-4H,5H2,1H3. The number of para-hydroxylation sites is 1. The second kappa shape index (κ2) is 4.02. The zero-order chi connectivity index (χ0) is 10.8. The van der Waals surface area contributed by atoms with Gasteiger partial charge < -0.3 is 9.15 Å². The van der Waals surface area contributed by atoms with Gasteiger partial charge in [0.25, 0.3) is 4.80 Å². The van der Waals surface area contributed by atoms with Crippen molar-refractivity contribution >= 4 is 33.0 Å². The van der Waals surface area contributed by atoms with Gasteiger partial charge in [0.05, 0.1) is 13.5 Å². The van der Waals surface area contributed by atoms with Crippen molar-refractivity contribution in [3.8, 4) is 0 Å². The molecule has 0 saturated heterocycles. The van der Waals surface area contributed by atoms with Gasteiger partial charge in [-0.25, -0.2) is 4.98 Å². The minimum atomic E-state index is -0.290. The Morgan fingerprint density at radius 1 is 1.60 bits per heavy atom. The van der Waals surface area contributed by atoms with E-state index in [4.69, 9.17) is 4.42 Å². The number of hydrogen-bond acceptors (Lipinski definition) is 4. The predicted octanol–water partition coefficient (Wildman–Crippen LogP) is 2.31. The summed E-state index contributed by atoms with van der Waals surface area (Å²) in [5.41, 5.74) is 2.15. The van der Waals surface area contributed by atoms with E-state index in [9.17, 15) is 4.79 Å². The lowest BCUT2D eigenvalue weighted by Gasteiger charge is -1.99. The maximum Gasteiger partial charge on any atom is 0.310 e. The fourth-order valence-electron chi connectivity index (χ4n) is 1.35. The lowest BCUT2D eigenvalue weighted by Crippen LogP contribution is -2.04. The molecular formula is C10H8BrNO3. The molecule has 0 atom stereocenters.